The molecule has 0 bridgehead atoms. The number of benzene rings is 3. The Morgan fingerprint density at radius 1 is 0.604 bits per heavy atom. The van der Waals surface area contributed by atoms with Gasteiger partial charge in [0.25, 0.3) is 0 Å². The van der Waals surface area contributed by atoms with Gasteiger partial charge in [-0.1, -0.05) is 91.0 Å². The van der Waals surface area contributed by atoms with Crippen molar-refractivity contribution in [2.24, 2.45) is 0 Å². The zero-order valence-electron chi connectivity index (χ0n) is 25.5. The van der Waals surface area contributed by atoms with Crippen LogP contribution >= 0.6 is 51.1 Å². The van der Waals surface area contributed by atoms with Gasteiger partial charge in [-0.3, -0.25) is 9.59 Å². The van der Waals surface area contributed by atoms with Crippen LogP contribution in [0.15, 0.2) is 95.6 Å². The molecule has 3 aromatic heterocycles. The van der Waals surface area contributed by atoms with E-state index in [1.807, 2.05) is 66.7 Å². The van der Waals surface area contributed by atoms with Crippen molar-refractivity contribution < 1.29 is 64.6 Å². The Labute approximate surface area is 318 Å². The van der Waals surface area contributed by atoms with Crippen LogP contribution in [0.25, 0.3) is 22.5 Å². The second-order valence-electron chi connectivity index (χ2n) is 8.76. The molecule has 0 fully saturated rings. The van der Waals surface area contributed by atoms with E-state index in [2.05, 4.69) is 42.2 Å². The van der Waals surface area contributed by atoms with Gasteiger partial charge in [0.2, 0.25) is 0 Å². The Hall–Kier alpha value is -3.43. The van der Waals surface area contributed by atoms with Gasteiger partial charge in [-0.25, -0.2) is 4.79 Å². The molecule has 3 aromatic carbocycles. The molecule has 0 aliphatic carbocycles. The van der Waals surface area contributed by atoms with E-state index in [9.17, 15) is 14.4 Å². The number of carbonyl (C=O) groups excluding carboxylic acids is 2. The normalized spacial score (nSPS) is 9.35. The third-order valence-electron chi connectivity index (χ3n) is 5.49. The van der Waals surface area contributed by atoms with Crippen LogP contribution in [0.5, 0.6) is 0 Å². The Bertz CT molecular complexity index is 1760. The summed E-state index contributed by atoms with van der Waals surface area (Å²) in [7, 11) is -1.34. The smallest absolute Gasteiger partial charge is 0.870 e. The van der Waals surface area contributed by atoms with E-state index in [0.29, 0.717) is 32.8 Å². The summed E-state index contributed by atoms with van der Waals surface area (Å²) < 4.78 is 23.8. The summed E-state index contributed by atoms with van der Waals surface area (Å²) in [5.41, 5.74) is 4.25. The maximum Gasteiger partial charge on any atom is 1.00 e. The molecule has 0 aliphatic heterocycles. The van der Waals surface area contributed by atoms with Gasteiger partial charge < -0.3 is 20.6 Å². The second-order valence-corrected chi connectivity index (χ2v) is 11.1. The van der Waals surface area contributed by atoms with Crippen LogP contribution in [0.3, 0.4) is 0 Å². The summed E-state index contributed by atoms with van der Waals surface area (Å²) >= 11 is 6.09. The predicted molar refractivity (Wildman–Crippen MR) is 183 cm³/mol. The fourth-order valence-electron chi connectivity index (χ4n) is 3.33. The minimum atomic E-state index is -1.34. The molecule has 48 heavy (non-hydrogen) atoms. The van der Waals surface area contributed by atoms with Crippen LogP contribution in [-0.2, 0) is 0 Å². The van der Waals surface area contributed by atoms with Crippen molar-refractivity contribution in [2.45, 2.75) is 13.8 Å². The molecule has 0 atom stereocenters. The van der Waals surface area contributed by atoms with E-state index < -0.39 is 13.1 Å². The number of nitrogens with zero attached hydrogens (tertiary/aromatic N) is 6. The van der Waals surface area contributed by atoms with E-state index in [0.717, 1.165) is 46.3 Å². The number of aromatic carboxylic acids is 1. The number of halogens is 1. The number of rotatable bonds is 6. The van der Waals surface area contributed by atoms with E-state index >= 15 is 0 Å². The van der Waals surface area contributed by atoms with Crippen LogP contribution in [0.4, 0.5) is 0 Å². The van der Waals surface area contributed by atoms with Gasteiger partial charge >= 0.3 is 42.6 Å². The molecule has 6 aromatic rings. The van der Waals surface area contributed by atoms with Crippen LogP contribution in [0.2, 0.25) is 0 Å². The van der Waals surface area contributed by atoms with Gasteiger partial charge in [-0.05, 0) is 21.4 Å². The Morgan fingerprint density at radius 2 is 0.979 bits per heavy atom. The maximum absolute atomic E-state index is 11.2. The number of hydrogen-bond donors (Lipinski definition) is 3. The third-order valence-corrected chi connectivity index (χ3v) is 7.86. The maximum atomic E-state index is 11.2. The molecule has 6 rings (SSSR count). The summed E-state index contributed by atoms with van der Waals surface area (Å²) in [6.07, 6.45) is 0. The summed E-state index contributed by atoms with van der Waals surface area (Å²) in [6.45, 7) is 2.96. The number of carbonyl (C=O) groups is 3. The molecule has 0 radical (unpaired) electrons. The van der Waals surface area contributed by atoms with E-state index in [-0.39, 0.29) is 52.3 Å². The van der Waals surface area contributed by atoms with Crippen LogP contribution < -0.4 is 35.0 Å². The molecule has 0 saturated heterocycles. The Kier molecular flexibility index (Phi) is 19.7. The van der Waals surface area contributed by atoms with E-state index in [1.165, 1.54) is 13.8 Å². The van der Waals surface area contributed by atoms with Crippen molar-refractivity contribution in [3.05, 3.63) is 113 Å². The fraction of sp³-hybridized carbons (Fsp3) is 0.0690. The first-order valence-corrected chi connectivity index (χ1v) is 16.0. The summed E-state index contributed by atoms with van der Waals surface area (Å²) in [6, 6.07) is 27.4. The van der Waals surface area contributed by atoms with Crippen LogP contribution in [-0.4, -0.2) is 71.5 Å². The van der Waals surface area contributed by atoms with Crippen molar-refractivity contribution in [1.29, 1.82) is 0 Å². The van der Waals surface area contributed by atoms with Gasteiger partial charge in [-0.2, -0.15) is 26.2 Å². The number of carboxylic acids is 1. The molecular weight excluding hydrogens is 754 g/mol. The minimum Gasteiger partial charge on any atom is -0.870 e. The molecule has 242 valence electrons. The predicted octanol–water partition coefficient (Wildman–Crippen LogP) is 2.01. The van der Waals surface area contributed by atoms with Crippen molar-refractivity contribution in [1.82, 2.24) is 26.2 Å². The van der Waals surface area contributed by atoms with Gasteiger partial charge in [0.05, 0.1) is 35.2 Å². The zero-order valence-corrected chi connectivity index (χ0v) is 31.6. The third kappa shape index (κ3) is 13.2. The topological polar surface area (TPSA) is 219 Å². The first-order valence-electron chi connectivity index (χ1n) is 13.0. The Morgan fingerprint density at radius 3 is 1.31 bits per heavy atom. The molecule has 4 N–H and O–H groups in total. The number of ketones is 2. The largest absolute Gasteiger partial charge is 1.00 e. The monoisotopic (exact) mass is 778 g/mol. The number of hydrogen-bond acceptors (Lipinski definition) is 15. The number of carboxylic acid groups (broad SMARTS) is 1. The van der Waals surface area contributed by atoms with Gasteiger partial charge in [-0.15, -0.1) is 0 Å². The van der Waals surface area contributed by atoms with E-state index in [1.54, 1.807) is 24.3 Å². The SMILES string of the molecule is CC(=O)c1nsnc1-c1ccccc1.CC(=O)c1nsnc1Br.O=C(O)c1nsnc1-c1ccccc1.OB(O)c1ccccc1.[Na+].[OH-]. The molecule has 0 aliphatic rings. The van der Waals surface area contributed by atoms with Gasteiger partial charge in [0, 0.05) is 25.0 Å². The summed E-state index contributed by atoms with van der Waals surface area (Å²) in [5.74, 6) is -1.15. The molecule has 0 amide bonds. The van der Waals surface area contributed by atoms with Gasteiger partial charge in [0.15, 0.2) is 27.6 Å². The van der Waals surface area contributed by atoms with Gasteiger partial charge in [0.1, 0.15) is 17.1 Å². The first-order chi connectivity index (χ1) is 22.1. The number of aromatic nitrogens is 6. The first kappa shape index (κ1) is 42.6. The van der Waals surface area contributed by atoms with Crippen LogP contribution in [0, 0.1) is 0 Å². The molecular formula is C29H25BBrN6NaO7S3. The molecule has 0 saturated carbocycles. The average molecular weight is 779 g/mol. The minimum absolute atomic E-state index is 0. The van der Waals surface area contributed by atoms with Crippen molar-refractivity contribution in [3.8, 4) is 22.5 Å². The quantitative estimate of drug-likeness (QED) is 0.163. The molecule has 3 heterocycles. The van der Waals surface area contributed by atoms with E-state index in [4.69, 9.17) is 15.2 Å². The van der Waals surface area contributed by atoms with Crippen LogP contribution in [0.1, 0.15) is 45.3 Å². The standard InChI is InChI=1S/C10H8N2OS.C9H6N2O2S.C6H7BO2.C4H3BrN2OS.Na.H2O/c1-7(13)9-10(12-14-11-9)8-5-3-2-4-6-8;12-9(13)8-7(10-14-11-8)6-4-2-1-3-5-6;8-7(9)6-4-2-1-3-5-6;1-2(8)3-4(5)7-9-6-3;;/h2-6H,1H3;1-5H,(H,12,13);1-5,8-9H;1H3;;1H2/q;;;;+1;/p-1. The molecule has 0 spiro atoms. The second kappa shape index (κ2) is 22.3. The van der Waals surface area contributed by atoms with Crippen molar-refractivity contribution in [3.63, 3.8) is 0 Å². The summed E-state index contributed by atoms with van der Waals surface area (Å²) in [5, 5.41) is 26.0. The zero-order chi connectivity index (χ0) is 33.5. The summed E-state index contributed by atoms with van der Waals surface area (Å²) in [4.78, 5) is 32.6. The average Bonchev–Trinajstić information content (AvgIpc) is 3.85. The fourth-order valence-corrected chi connectivity index (χ4v) is 5.68. The molecule has 13 nitrogen and oxygen atoms in total. The number of Topliss-reactive ketones (excluding diaryl/α,β-unsaturated/α-hetero) is 2. The van der Waals surface area contributed by atoms with Crippen molar-refractivity contribution >= 4 is 81.2 Å². The molecule has 0 unspecified atom stereocenters. The Balaban J connectivity index is 0.000000323. The van der Waals surface area contributed by atoms with Crippen molar-refractivity contribution in [2.75, 3.05) is 0 Å². The molecule has 19 heteroatoms.